The van der Waals surface area contributed by atoms with Crippen LogP contribution in [0, 0.1) is 0 Å². The second-order valence-corrected chi connectivity index (χ2v) is 9.61. The van der Waals surface area contributed by atoms with Crippen molar-refractivity contribution >= 4 is 5.97 Å². The van der Waals surface area contributed by atoms with E-state index >= 15 is 0 Å². The van der Waals surface area contributed by atoms with Crippen LogP contribution in [0.4, 0.5) is 0 Å². The first kappa shape index (κ1) is 30.9. The van der Waals surface area contributed by atoms with Gasteiger partial charge in [0.1, 0.15) is 0 Å². The van der Waals surface area contributed by atoms with Crippen LogP contribution in [-0.4, -0.2) is 11.1 Å². The first-order valence-corrected chi connectivity index (χ1v) is 14.3. The molecule has 32 heavy (non-hydrogen) atoms. The summed E-state index contributed by atoms with van der Waals surface area (Å²) in [6.07, 6.45) is 40.0. The zero-order chi connectivity index (χ0) is 23.4. The van der Waals surface area contributed by atoms with Crippen molar-refractivity contribution in [3.63, 3.8) is 0 Å². The van der Waals surface area contributed by atoms with Gasteiger partial charge < -0.3 is 5.11 Å². The Morgan fingerprint density at radius 2 is 0.781 bits per heavy atom. The van der Waals surface area contributed by atoms with E-state index < -0.39 is 5.97 Å². The fraction of sp³-hybridized carbons (Fsp3) is 0.833. The number of unbranched alkanes of at least 4 members (excludes halogenated alkanes) is 20. The highest BCUT2D eigenvalue weighted by atomic mass is 16.4. The van der Waals surface area contributed by atoms with Crippen molar-refractivity contribution in [3.8, 4) is 0 Å². The van der Waals surface area contributed by atoms with E-state index in [1.807, 2.05) is 0 Å². The third kappa shape index (κ3) is 28.9. The Kier molecular flexibility index (Phi) is 27.1. The van der Waals surface area contributed by atoms with Crippen LogP contribution in [0.15, 0.2) is 24.3 Å². The maximum atomic E-state index is 10.4. The molecule has 188 valence electrons. The highest BCUT2D eigenvalue weighted by molar-refractivity contribution is 5.66. The second-order valence-electron chi connectivity index (χ2n) is 9.61. The van der Waals surface area contributed by atoms with E-state index in [-0.39, 0.29) is 0 Å². The van der Waals surface area contributed by atoms with Crippen molar-refractivity contribution in [3.05, 3.63) is 24.3 Å². The number of aliphatic carboxylic acids is 1. The lowest BCUT2D eigenvalue weighted by atomic mass is 10.0. The van der Waals surface area contributed by atoms with E-state index in [2.05, 4.69) is 31.2 Å². The van der Waals surface area contributed by atoms with Crippen LogP contribution >= 0.6 is 0 Å². The van der Waals surface area contributed by atoms with Crippen molar-refractivity contribution in [1.29, 1.82) is 0 Å². The molecule has 0 unspecified atom stereocenters. The van der Waals surface area contributed by atoms with Gasteiger partial charge in [-0.3, -0.25) is 4.79 Å². The summed E-state index contributed by atoms with van der Waals surface area (Å²) >= 11 is 0. The second kappa shape index (κ2) is 28.0. The smallest absolute Gasteiger partial charge is 0.303 e. The summed E-state index contributed by atoms with van der Waals surface area (Å²) in [5.74, 6) is -0.653. The number of rotatable bonds is 26. The van der Waals surface area contributed by atoms with Gasteiger partial charge in [0.25, 0.3) is 0 Å². The molecule has 0 fully saturated rings. The predicted octanol–water partition coefficient (Wildman–Crippen LogP) is 10.6. The number of carbonyl (C=O) groups is 1. The Morgan fingerprint density at radius 1 is 0.469 bits per heavy atom. The minimum atomic E-state index is -0.653. The minimum absolute atomic E-state index is 0.342. The molecule has 0 rings (SSSR count). The molecule has 0 aliphatic heterocycles. The van der Waals surface area contributed by atoms with Gasteiger partial charge in [-0.2, -0.15) is 0 Å². The Bertz CT molecular complexity index is 425. The maximum absolute atomic E-state index is 10.4. The molecule has 0 aromatic carbocycles. The van der Waals surface area contributed by atoms with Gasteiger partial charge in [0.2, 0.25) is 0 Å². The monoisotopic (exact) mass is 448 g/mol. The topological polar surface area (TPSA) is 37.3 Å². The van der Waals surface area contributed by atoms with E-state index in [4.69, 9.17) is 5.11 Å². The van der Waals surface area contributed by atoms with E-state index in [1.165, 1.54) is 135 Å². The Balaban J connectivity index is 3.12. The summed E-state index contributed by atoms with van der Waals surface area (Å²) in [5, 5.41) is 8.60. The fourth-order valence-electron chi connectivity index (χ4n) is 4.19. The third-order valence-electron chi connectivity index (χ3n) is 6.32. The molecule has 0 radical (unpaired) electrons. The van der Waals surface area contributed by atoms with Gasteiger partial charge in [-0.15, -0.1) is 0 Å². The molecule has 0 saturated carbocycles. The standard InChI is InChI=1S/C30H56O2/c1-2-3-4-5-6-7-8-9-10-11-12-13-14-15-16-17-18-19-20-21-22-23-24-25-26-27-28-29-30(31)32/h7-8,11-12H,2-6,9-10,13-29H2,1H3,(H,31,32). The van der Waals surface area contributed by atoms with Crippen LogP contribution in [0.25, 0.3) is 0 Å². The molecular formula is C30H56O2. The van der Waals surface area contributed by atoms with Crippen molar-refractivity contribution in [2.24, 2.45) is 0 Å². The quantitative estimate of drug-likeness (QED) is 0.105. The molecule has 0 spiro atoms. The van der Waals surface area contributed by atoms with Crippen LogP contribution in [0.3, 0.4) is 0 Å². The number of hydrogen-bond donors (Lipinski definition) is 1. The number of carboxylic acids is 1. The van der Waals surface area contributed by atoms with Gasteiger partial charge in [0.05, 0.1) is 0 Å². The molecule has 1 N–H and O–H groups in total. The number of hydrogen-bond acceptors (Lipinski definition) is 1. The van der Waals surface area contributed by atoms with Gasteiger partial charge in [-0.25, -0.2) is 0 Å². The van der Waals surface area contributed by atoms with Gasteiger partial charge in [-0.05, 0) is 44.9 Å². The van der Waals surface area contributed by atoms with Crippen molar-refractivity contribution in [2.75, 3.05) is 0 Å². The van der Waals surface area contributed by atoms with Crippen LogP contribution in [0.5, 0.6) is 0 Å². The Labute approximate surface area is 201 Å². The highest BCUT2D eigenvalue weighted by Crippen LogP contribution is 2.14. The summed E-state index contributed by atoms with van der Waals surface area (Å²) in [6, 6.07) is 0. The molecule has 0 atom stereocenters. The van der Waals surface area contributed by atoms with Crippen molar-refractivity contribution in [2.45, 2.75) is 161 Å². The van der Waals surface area contributed by atoms with Crippen LogP contribution in [-0.2, 0) is 4.79 Å². The zero-order valence-corrected chi connectivity index (χ0v) is 21.6. The summed E-state index contributed by atoms with van der Waals surface area (Å²) in [6.45, 7) is 2.27. The lowest BCUT2D eigenvalue weighted by Crippen LogP contribution is -1.93. The van der Waals surface area contributed by atoms with Crippen molar-refractivity contribution < 1.29 is 9.90 Å². The van der Waals surface area contributed by atoms with E-state index in [0.29, 0.717) is 6.42 Å². The Morgan fingerprint density at radius 3 is 1.16 bits per heavy atom. The average Bonchev–Trinajstić information content (AvgIpc) is 2.78. The van der Waals surface area contributed by atoms with E-state index in [0.717, 1.165) is 12.8 Å². The maximum Gasteiger partial charge on any atom is 0.303 e. The van der Waals surface area contributed by atoms with Gasteiger partial charge in [0, 0.05) is 6.42 Å². The van der Waals surface area contributed by atoms with Gasteiger partial charge in [-0.1, -0.05) is 134 Å². The molecule has 0 amide bonds. The molecular weight excluding hydrogens is 392 g/mol. The largest absolute Gasteiger partial charge is 0.481 e. The minimum Gasteiger partial charge on any atom is -0.481 e. The van der Waals surface area contributed by atoms with E-state index in [9.17, 15) is 4.79 Å². The van der Waals surface area contributed by atoms with E-state index in [1.54, 1.807) is 0 Å². The normalized spacial score (nSPS) is 11.8. The van der Waals surface area contributed by atoms with Gasteiger partial charge >= 0.3 is 5.97 Å². The first-order valence-electron chi connectivity index (χ1n) is 14.3. The molecule has 0 saturated heterocycles. The summed E-state index contributed by atoms with van der Waals surface area (Å²) in [5.41, 5.74) is 0. The highest BCUT2D eigenvalue weighted by Gasteiger charge is 1.97. The summed E-state index contributed by atoms with van der Waals surface area (Å²) in [7, 11) is 0. The fourth-order valence-corrected chi connectivity index (χ4v) is 4.19. The lowest BCUT2D eigenvalue weighted by Gasteiger charge is -2.03. The van der Waals surface area contributed by atoms with Crippen LogP contribution < -0.4 is 0 Å². The first-order chi connectivity index (χ1) is 15.8. The SMILES string of the molecule is CCCCCCC=CCCC=CCCCCCCCCCCCCCCCCCC(=O)O. The van der Waals surface area contributed by atoms with Crippen LogP contribution in [0.2, 0.25) is 0 Å². The molecule has 2 nitrogen and oxygen atoms in total. The van der Waals surface area contributed by atoms with Gasteiger partial charge in [0.15, 0.2) is 0 Å². The molecule has 0 aliphatic rings. The Hall–Kier alpha value is -1.05. The van der Waals surface area contributed by atoms with Crippen LogP contribution in [0.1, 0.15) is 161 Å². The summed E-state index contributed by atoms with van der Waals surface area (Å²) < 4.78 is 0. The molecule has 2 heteroatoms. The molecule has 0 aromatic heterocycles. The number of allylic oxidation sites excluding steroid dienone is 4. The lowest BCUT2D eigenvalue weighted by molar-refractivity contribution is -0.137. The van der Waals surface area contributed by atoms with Crippen molar-refractivity contribution in [1.82, 2.24) is 0 Å². The molecule has 0 aromatic rings. The average molecular weight is 449 g/mol. The molecule has 0 bridgehead atoms. The molecule has 0 aliphatic carbocycles. The zero-order valence-electron chi connectivity index (χ0n) is 21.6. The number of carboxylic acid groups (broad SMARTS) is 1. The predicted molar refractivity (Wildman–Crippen MR) is 142 cm³/mol. The third-order valence-corrected chi connectivity index (χ3v) is 6.32. The summed E-state index contributed by atoms with van der Waals surface area (Å²) in [4.78, 5) is 10.4. The molecule has 0 heterocycles.